The number of carbonyl (C=O) groups excluding carboxylic acids is 1. The van der Waals surface area contributed by atoms with Gasteiger partial charge in [-0.3, -0.25) is 4.79 Å². The van der Waals surface area contributed by atoms with Gasteiger partial charge in [-0.15, -0.1) is 0 Å². The van der Waals surface area contributed by atoms with Crippen LogP contribution in [-0.2, 0) is 0 Å². The van der Waals surface area contributed by atoms with Crippen molar-refractivity contribution >= 4 is 5.91 Å². The minimum atomic E-state index is -0.704. The van der Waals surface area contributed by atoms with Crippen molar-refractivity contribution in [2.24, 2.45) is 0 Å². The van der Waals surface area contributed by atoms with Gasteiger partial charge in [0.15, 0.2) is 5.82 Å². The number of hydrogen-bond donors (Lipinski definition) is 1. The van der Waals surface area contributed by atoms with E-state index in [0.717, 1.165) is 6.07 Å². The lowest BCUT2D eigenvalue weighted by atomic mass is 10.0. The normalized spacial score (nSPS) is 11.8. The van der Waals surface area contributed by atoms with E-state index < -0.39 is 17.8 Å². The molecular weight excluding hydrogens is 325 g/mol. The molecule has 1 N–H and O–H groups in total. The zero-order chi connectivity index (χ0) is 17.8. The van der Waals surface area contributed by atoms with Crippen molar-refractivity contribution in [1.29, 1.82) is 0 Å². The molecule has 1 amide bonds. The lowest BCUT2D eigenvalue weighted by molar-refractivity contribution is 0.0940. The molecule has 0 aliphatic rings. The van der Waals surface area contributed by atoms with Crippen LogP contribution in [0.3, 0.4) is 0 Å². The summed E-state index contributed by atoms with van der Waals surface area (Å²) in [5, 5.41) is 6.71. The number of carbonyl (C=O) groups is 1. The quantitative estimate of drug-likeness (QED) is 0.772. The van der Waals surface area contributed by atoms with Crippen molar-refractivity contribution in [2.45, 2.75) is 13.0 Å². The van der Waals surface area contributed by atoms with Gasteiger partial charge in [0.05, 0.1) is 7.11 Å². The van der Waals surface area contributed by atoms with E-state index in [1.54, 1.807) is 19.1 Å². The molecule has 1 heterocycles. The number of benzene rings is 2. The first-order valence-corrected chi connectivity index (χ1v) is 7.58. The molecular formula is C18H16FN3O3. The monoisotopic (exact) mass is 341 g/mol. The second-order valence-corrected chi connectivity index (χ2v) is 5.33. The lowest BCUT2D eigenvalue weighted by Gasteiger charge is -2.18. The Kier molecular flexibility index (Phi) is 4.74. The van der Waals surface area contributed by atoms with Gasteiger partial charge in [0.1, 0.15) is 17.6 Å². The van der Waals surface area contributed by atoms with E-state index in [-0.39, 0.29) is 11.4 Å². The predicted molar refractivity (Wildman–Crippen MR) is 87.7 cm³/mol. The molecule has 0 saturated carbocycles. The number of halogens is 1. The number of methoxy groups -OCH3 is 1. The molecule has 0 saturated heterocycles. The number of amides is 1. The third-order valence-electron chi connectivity index (χ3n) is 3.61. The SMILES string of the molecule is COc1ccccc1C(NC(=O)c1cccc(F)c1)c1noc(C)n1. The van der Waals surface area contributed by atoms with Gasteiger partial charge in [0, 0.05) is 18.1 Å². The second kappa shape index (κ2) is 7.12. The number of hydrogen-bond acceptors (Lipinski definition) is 5. The highest BCUT2D eigenvalue weighted by molar-refractivity contribution is 5.94. The molecule has 0 aliphatic carbocycles. The fourth-order valence-electron chi connectivity index (χ4n) is 2.46. The third kappa shape index (κ3) is 3.65. The molecule has 1 atom stereocenters. The third-order valence-corrected chi connectivity index (χ3v) is 3.61. The molecule has 25 heavy (non-hydrogen) atoms. The standard InChI is InChI=1S/C18H16FN3O3/c1-11-20-17(22-25-11)16(14-8-3-4-9-15(14)24-2)21-18(23)12-6-5-7-13(19)10-12/h3-10,16H,1-2H3,(H,21,23). The van der Waals surface area contributed by atoms with Crippen molar-refractivity contribution in [1.82, 2.24) is 15.5 Å². The van der Waals surface area contributed by atoms with Gasteiger partial charge in [-0.1, -0.05) is 29.4 Å². The number of aromatic nitrogens is 2. The Bertz CT molecular complexity index is 895. The molecule has 0 spiro atoms. The number of nitrogens with one attached hydrogen (secondary N) is 1. The first kappa shape index (κ1) is 16.6. The van der Waals surface area contributed by atoms with Crippen LogP contribution in [0.1, 0.15) is 33.7 Å². The molecule has 6 nitrogen and oxygen atoms in total. The van der Waals surface area contributed by atoms with E-state index in [9.17, 15) is 9.18 Å². The summed E-state index contributed by atoms with van der Waals surface area (Å²) in [7, 11) is 1.53. The summed E-state index contributed by atoms with van der Waals surface area (Å²) in [5.41, 5.74) is 0.857. The Morgan fingerprint density at radius 1 is 1.24 bits per heavy atom. The number of aryl methyl sites for hydroxylation is 1. The summed E-state index contributed by atoms with van der Waals surface area (Å²) in [6.07, 6.45) is 0. The summed E-state index contributed by atoms with van der Waals surface area (Å²) < 4.78 is 23.8. The van der Waals surface area contributed by atoms with Crippen molar-refractivity contribution in [3.8, 4) is 5.75 Å². The predicted octanol–water partition coefficient (Wildman–Crippen LogP) is 3.05. The molecule has 1 unspecified atom stereocenters. The zero-order valence-electron chi connectivity index (χ0n) is 13.7. The number of rotatable bonds is 5. The Morgan fingerprint density at radius 2 is 2.04 bits per heavy atom. The second-order valence-electron chi connectivity index (χ2n) is 5.33. The molecule has 2 aromatic carbocycles. The number of nitrogens with zero attached hydrogens (tertiary/aromatic N) is 2. The molecule has 3 aromatic rings. The van der Waals surface area contributed by atoms with Crippen molar-refractivity contribution in [3.05, 3.63) is 77.2 Å². The Balaban J connectivity index is 1.98. The van der Waals surface area contributed by atoms with Crippen LogP contribution in [0.5, 0.6) is 5.75 Å². The maximum Gasteiger partial charge on any atom is 0.252 e. The lowest BCUT2D eigenvalue weighted by Crippen LogP contribution is -2.30. The Morgan fingerprint density at radius 3 is 2.72 bits per heavy atom. The highest BCUT2D eigenvalue weighted by Gasteiger charge is 2.25. The smallest absolute Gasteiger partial charge is 0.252 e. The van der Waals surface area contributed by atoms with Gasteiger partial charge in [-0.05, 0) is 24.3 Å². The van der Waals surface area contributed by atoms with Crippen LogP contribution >= 0.6 is 0 Å². The topological polar surface area (TPSA) is 77.2 Å². The fraction of sp³-hybridized carbons (Fsp3) is 0.167. The van der Waals surface area contributed by atoms with Gasteiger partial charge < -0.3 is 14.6 Å². The average molecular weight is 341 g/mol. The minimum absolute atomic E-state index is 0.195. The maximum atomic E-state index is 13.4. The number of ether oxygens (including phenoxy) is 1. The van der Waals surface area contributed by atoms with Crippen LogP contribution in [0, 0.1) is 12.7 Å². The van der Waals surface area contributed by atoms with E-state index in [4.69, 9.17) is 9.26 Å². The summed E-state index contributed by atoms with van der Waals surface area (Å²) in [6.45, 7) is 1.66. The zero-order valence-corrected chi connectivity index (χ0v) is 13.7. The van der Waals surface area contributed by atoms with Gasteiger partial charge in [-0.25, -0.2) is 4.39 Å². The Labute approximate surface area is 143 Å². The van der Waals surface area contributed by atoms with Crippen LogP contribution in [-0.4, -0.2) is 23.2 Å². The molecule has 0 aliphatic heterocycles. The molecule has 128 valence electrons. The summed E-state index contributed by atoms with van der Waals surface area (Å²) in [4.78, 5) is 16.8. The van der Waals surface area contributed by atoms with E-state index in [0.29, 0.717) is 17.2 Å². The number of para-hydroxylation sites is 1. The Hall–Kier alpha value is -3.22. The molecule has 0 fully saturated rings. The van der Waals surface area contributed by atoms with Gasteiger partial charge in [0.25, 0.3) is 5.91 Å². The van der Waals surface area contributed by atoms with Crippen LogP contribution in [0.2, 0.25) is 0 Å². The largest absolute Gasteiger partial charge is 0.496 e. The summed E-state index contributed by atoms with van der Waals surface area (Å²) >= 11 is 0. The van der Waals surface area contributed by atoms with Gasteiger partial charge in [-0.2, -0.15) is 4.98 Å². The first-order chi connectivity index (χ1) is 12.1. The average Bonchev–Trinajstić information content (AvgIpc) is 3.05. The first-order valence-electron chi connectivity index (χ1n) is 7.58. The van der Waals surface area contributed by atoms with Crippen LogP contribution in [0.25, 0.3) is 0 Å². The van der Waals surface area contributed by atoms with E-state index in [2.05, 4.69) is 15.5 Å². The van der Waals surface area contributed by atoms with Crippen molar-refractivity contribution in [3.63, 3.8) is 0 Å². The van der Waals surface area contributed by atoms with E-state index >= 15 is 0 Å². The van der Waals surface area contributed by atoms with Gasteiger partial charge >= 0.3 is 0 Å². The molecule has 0 bridgehead atoms. The van der Waals surface area contributed by atoms with E-state index in [1.807, 2.05) is 12.1 Å². The summed E-state index contributed by atoms with van der Waals surface area (Å²) in [5.74, 6) is 0.269. The summed E-state index contributed by atoms with van der Waals surface area (Å²) in [6, 6.07) is 11.9. The highest BCUT2D eigenvalue weighted by Crippen LogP contribution is 2.28. The van der Waals surface area contributed by atoms with E-state index in [1.165, 1.54) is 25.3 Å². The fourth-order valence-corrected chi connectivity index (χ4v) is 2.46. The highest BCUT2D eigenvalue weighted by atomic mass is 19.1. The van der Waals surface area contributed by atoms with Gasteiger partial charge in [0.2, 0.25) is 5.89 Å². The van der Waals surface area contributed by atoms with Crippen LogP contribution in [0.15, 0.2) is 53.1 Å². The molecule has 3 rings (SSSR count). The maximum absolute atomic E-state index is 13.4. The van der Waals surface area contributed by atoms with Crippen LogP contribution in [0.4, 0.5) is 4.39 Å². The van der Waals surface area contributed by atoms with Crippen LogP contribution < -0.4 is 10.1 Å². The molecule has 0 radical (unpaired) electrons. The van der Waals surface area contributed by atoms with Crippen molar-refractivity contribution < 1.29 is 18.4 Å². The van der Waals surface area contributed by atoms with Crippen molar-refractivity contribution in [2.75, 3.05) is 7.11 Å². The minimum Gasteiger partial charge on any atom is -0.496 e. The molecule has 1 aromatic heterocycles. The molecule has 7 heteroatoms.